The average molecular weight is 479 g/mol. The standard InChI is InChI=1S/C25H30N6O2S/c1-16-14-31(15-26-16)20-9-8-18(12-21(20)33-2)28-24-29-19-13-25(10-5-11-25)34(32)22(19)23(30-24)27-17-6-3-4-7-17/h8-9,12,14-15,17H,3-7,10-11,13H2,1-2H3,(H2,27,28,29,30). The molecule has 0 saturated heterocycles. The fraction of sp³-hybridized carbons (Fsp3) is 0.480. The molecule has 3 heterocycles. The Balaban J connectivity index is 1.33. The summed E-state index contributed by atoms with van der Waals surface area (Å²) in [6.45, 7) is 1.96. The first-order valence-electron chi connectivity index (χ1n) is 12.1. The fourth-order valence-corrected chi connectivity index (χ4v) is 7.37. The summed E-state index contributed by atoms with van der Waals surface area (Å²) < 4.78 is 20.9. The molecule has 178 valence electrons. The molecule has 1 aliphatic heterocycles. The number of imidazole rings is 1. The lowest BCUT2D eigenvalue weighted by molar-refractivity contribution is 0.355. The molecular weight excluding hydrogens is 448 g/mol. The molecule has 34 heavy (non-hydrogen) atoms. The summed E-state index contributed by atoms with van der Waals surface area (Å²) in [5, 5.41) is 6.99. The molecule has 9 heteroatoms. The number of aryl methyl sites for hydroxylation is 1. The minimum absolute atomic E-state index is 0.129. The molecule has 1 aromatic carbocycles. The monoisotopic (exact) mass is 478 g/mol. The van der Waals surface area contributed by atoms with E-state index in [2.05, 4.69) is 15.6 Å². The Hall–Kier alpha value is -2.94. The Morgan fingerprint density at radius 3 is 2.68 bits per heavy atom. The predicted octanol–water partition coefficient (Wildman–Crippen LogP) is 4.66. The molecule has 8 nitrogen and oxygen atoms in total. The van der Waals surface area contributed by atoms with Gasteiger partial charge in [-0.2, -0.15) is 4.98 Å². The molecule has 2 aromatic heterocycles. The number of hydrogen-bond donors (Lipinski definition) is 2. The van der Waals surface area contributed by atoms with Gasteiger partial charge in [0, 0.05) is 30.4 Å². The maximum atomic E-state index is 13.5. The van der Waals surface area contributed by atoms with Crippen molar-refractivity contribution < 1.29 is 8.95 Å². The van der Waals surface area contributed by atoms with Crippen LogP contribution in [0.15, 0.2) is 35.6 Å². The van der Waals surface area contributed by atoms with Gasteiger partial charge in [0.15, 0.2) is 0 Å². The van der Waals surface area contributed by atoms with Crippen molar-refractivity contribution in [2.45, 2.75) is 74.0 Å². The highest BCUT2D eigenvalue weighted by Gasteiger charge is 2.51. The quantitative estimate of drug-likeness (QED) is 0.532. The largest absolute Gasteiger partial charge is 0.494 e. The third kappa shape index (κ3) is 3.66. The van der Waals surface area contributed by atoms with Crippen LogP contribution >= 0.6 is 0 Å². The molecule has 2 saturated carbocycles. The van der Waals surface area contributed by atoms with E-state index in [-0.39, 0.29) is 4.75 Å². The minimum atomic E-state index is -1.05. The van der Waals surface area contributed by atoms with Crippen molar-refractivity contribution in [1.82, 2.24) is 19.5 Å². The molecule has 0 radical (unpaired) electrons. The second-order valence-corrected chi connectivity index (χ2v) is 11.5. The summed E-state index contributed by atoms with van der Waals surface area (Å²) in [6, 6.07) is 6.31. The lowest BCUT2D eigenvalue weighted by Crippen LogP contribution is -2.39. The molecule has 2 aliphatic carbocycles. The van der Waals surface area contributed by atoms with Crippen LogP contribution in [0.25, 0.3) is 5.69 Å². The van der Waals surface area contributed by atoms with Gasteiger partial charge in [0.05, 0.1) is 46.1 Å². The molecule has 0 bridgehead atoms. The predicted molar refractivity (Wildman–Crippen MR) is 133 cm³/mol. The number of fused-ring (bicyclic) bond motifs is 1. The van der Waals surface area contributed by atoms with Crippen LogP contribution in [0.3, 0.4) is 0 Å². The molecule has 1 atom stereocenters. The number of ether oxygens (including phenoxy) is 1. The van der Waals surface area contributed by atoms with Crippen molar-refractivity contribution in [1.29, 1.82) is 0 Å². The van der Waals surface area contributed by atoms with Gasteiger partial charge in [-0.3, -0.25) is 4.21 Å². The van der Waals surface area contributed by atoms with Gasteiger partial charge in [-0.15, -0.1) is 0 Å². The fourth-order valence-electron chi connectivity index (χ4n) is 5.40. The first kappa shape index (κ1) is 21.6. The Kier molecular flexibility index (Phi) is 5.32. The van der Waals surface area contributed by atoms with Crippen LogP contribution in [0.1, 0.15) is 56.3 Å². The van der Waals surface area contributed by atoms with Gasteiger partial charge in [-0.1, -0.05) is 19.3 Å². The van der Waals surface area contributed by atoms with Crippen LogP contribution in [-0.4, -0.2) is 41.6 Å². The first-order valence-corrected chi connectivity index (χ1v) is 13.2. The van der Waals surface area contributed by atoms with Crippen molar-refractivity contribution in [2.24, 2.45) is 0 Å². The first-order chi connectivity index (χ1) is 16.5. The number of anilines is 3. The van der Waals surface area contributed by atoms with E-state index in [4.69, 9.17) is 14.7 Å². The molecule has 2 fully saturated rings. The van der Waals surface area contributed by atoms with Crippen LogP contribution in [0.4, 0.5) is 17.5 Å². The molecule has 1 spiro atoms. The molecule has 1 unspecified atom stereocenters. The van der Waals surface area contributed by atoms with Gasteiger partial charge in [0.1, 0.15) is 16.5 Å². The third-order valence-electron chi connectivity index (χ3n) is 7.39. The van der Waals surface area contributed by atoms with Crippen molar-refractivity contribution in [3.63, 3.8) is 0 Å². The van der Waals surface area contributed by atoms with E-state index < -0.39 is 10.8 Å². The summed E-state index contributed by atoms with van der Waals surface area (Å²) >= 11 is 0. The highest BCUT2D eigenvalue weighted by Crippen LogP contribution is 2.50. The molecule has 0 amide bonds. The molecule has 3 aliphatic rings. The lowest BCUT2D eigenvalue weighted by atomic mass is 9.81. The van der Waals surface area contributed by atoms with Crippen molar-refractivity contribution in [2.75, 3.05) is 17.7 Å². The van der Waals surface area contributed by atoms with Crippen LogP contribution < -0.4 is 15.4 Å². The topological polar surface area (TPSA) is 94.0 Å². The number of benzene rings is 1. The van der Waals surface area contributed by atoms with Crippen LogP contribution in [0, 0.1) is 6.92 Å². The number of rotatable bonds is 6. The molecular formula is C25H30N6O2S. The van der Waals surface area contributed by atoms with Gasteiger partial charge in [-0.05, 0) is 44.7 Å². The average Bonchev–Trinajstić information content (AvgIpc) is 3.53. The van der Waals surface area contributed by atoms with Gasteiger partial charge < -0.3 is 19.9 Å². The maximum Gasteiger partial charge on any atom is 0.229 e. The van der Waals surface area contributed by atoms with E-state index in [1.54, 1.807) is 13.4 Å². The molecule has 2 N–H and O–H groups in total. The number of aromatic nitrogens is 4. The maximum absolute atomic E-state index is 13.5. The van der Waals surface area contributed by atoms with Crippen LogP contribution in [0.2, 0.25) is 0 Å². The second-order valence-electron chi connectivity index (χ2n) is 9.71. The van der Waals surface area contributed by atoms with Crippen molar-refractivity contribution >= 4 is 28.3 Å². The Morgan fingerprint density at radius 1 is 1.18 bits per heavy atom. The highest BCUT2D eigenvalue weighted by molar-refractivity contribution is 7.87. The Labute approximate surface area is 202 Å². The second kappa shape index (κ2) is 8.37. The van der Waals surface area contributed by atoms with E-state index in [9.17, 15) is 4.21 Å². The van der Waals surface area contributed by atoms with E-state index in [1.165, 1.54) is 12.8 Å². The Bertz CT molecular complexity index is 1260. The third-order valence-corrected chi connectivity index (χ3v) is 9.53. The summed E-state index contributed by atoms with van der Waals surface area (Å²) in [5.74, 6) is 2.00. The van der Waals surface area contributed by atoms with Crippen molar-refractivity contribution in [3.05, 3.63) is 42.1 Å². The van der Waals surface area contributed by atoms with Crippen molar-refractivity contribution in [3.8, 4) is 11.4 Å². The van der Waals surface area contributed by atoms with E-state index in [1.807, 2.05) is 35.9 Å². The summed E-state index contributed by atoms with van der Waals surface area (Å²) in [6.07, 6.45) is 12.4. The lowest BCUT2D eigenvalue weighted by Gasteiger charge is -2.36. The zero-order valence-electron chi connectivity index (χ0n) is 19.6. The number of methoxy groups -OCH3 is 1. The Morgan fingerprint density at radius 2 is 2.00 bits per heavy atom. The smallest absolute Gasteiger partial charge is 0.229 e. The minimum Gasteiger partial charge on any atom is -0.494 e. The van der Waals surface area contributed by atoms with Crippen LogP contribution in [0.5, 0.6) is 5.75 Å². The number of hydrogen-bond acceptors (Lipinski definition) is 7. The zero-order chi connectivity index (χ0) is 23.3. The van der Waals surface area contributed by atoms with Gasteiger partial charge >= 0.3 is 0 Å². The van der Waals surface area contributed by atoms with E-state index in [0.29, 0.717) is 12.0 Å². The molecule has 3 aromatic rings. The van der Waals surface area contributed by atoms with Gasteiger partial charge in [0.25, 0.3) is 0 Å². The normalized spacial score (nSPS) is 20.8. The zero-order valence-corrected chi connectivity index (χ0v) is 20.5. The molecule has 6 rings (SSSR count). The SMILES string of the molecule is COc1cc(Nc2nc3c(c(NC4CCCC4)n2)S(=O)C2(CCC2)C3)ccc1-n1cnc(C)c1. The summed E-state index contributed by atoms with van der Waals surface area (Å²) in [5.41, 5.74) is 3.62. The number of nitrogens with one attached hydrogen (secondary N) is 2. The number of nitrogens with zero attached hydrogens (tertiary/aromatic N) is 4. The summed E-state index contributed by atoms with van der Waals surface area (Å²) in [4.78, 5) is 14.8. The highest BCUT2D eigenvalue weighted by atomic mass is 32.2. The summed E-state index contributed by atoms with van der Waals surface area (Å²) in [7, 11) is 0.610. The van der Waals surface area contributed by atoms with E-state index >= 15 is 0 Å². The van der Waals surface area contributed by atoms with E-state index in [0.717, 1.165) is 77.8 Å². The van der Waals surface area contributed by atoms with Gasteiger partial charge in [-0.25, -0.2) is 9.97 Å². The van der Waals surface area contributed by atoms with Gasteiger partial charge in [0.2, 0.25) is 5.95 Å². The van der Waals surface area contributed by atoms with Crippen LogP contribution in [-0.2, 0) is 17.2 Å².